The molecule has 4 heteroatoms. The molecule has 0 aliphatic heterocycles. The van der Waals surface area contributed by atoms with Gasteiger partial charge in [0.05, 0.1) is 11.2 Å². The fourth-order valence-corrected chi connectivity index (χ4v) is 3.05. The lowest BCUT2D eigenvalue weighted by atomic mass is 10.1. The Morgan fingerprint density at radius 2 is 1.55 bits per heavy atom. The van der Waals surface area contributed by atoms with E-state index in [4.69, 9.17) is 9.47 Å². The summed E-state index contributed by atoms with van der Waals surface area (Å²) in [5.74, 6) is 1.47. The molecular formula is C25H21NO3. The van der Waals surface area contributed by atoms with Crippen LogP contribution in [0.1, 0.15) is 28.5 Å². The van der Waals surface area contributed by atoms with Gasteiger partial charge < -0.3 is 9.47 Å². The molecule has 0 radical (unpaired) electrons. The normalized spacial score (nSPS) is 10.7. The van der Waals surface area contributed by atoms with Crippen LogP contribution >= 0.6 is 0 Å². The number of carbonyl (C=O) groups excluding carboxylic acids is 1. The molecule has 0 bridgehead atoms. The maximum Gasteiger partial charge on any atom is 0.159 e. The van der Waals surface area contributed by atoms with E-state index in [9.17, 15) is 4.79 Å². The quantitative estimate of drug-likeness (QED) is 0.390. The molecule has 0 amide bonds. The van der Waals surface area contributed by atoms with Crippen molar-refractivity contribution in [2.75, 3.05) is 0 Å². The molecule has 0 spiro atoms. The van der Waals surface area contributed by atoms with Crippen LogP contribution in [0.3, 0.4) is 0 Å². The number of rotatable bonds is 7. The molecule has 1 aromatic heterocycles. The zero-order valence-electron chi connectivity index (χ0n) is 16.2. The largest absolute Gasteiger partial charge is 0.489 e. The van der Waals surface area contributed by atoms with Gasteiger partial charge in [0.1, 0.15) is 24.7 Å². The highest BCUT2D eigenvalue weighted by molar-refractivity contribution is 5.94. The second kappa shape index (κ2) is 8.57. The van der Waals surface area contributed by atoms with Crippen molar-refractivity contribution in [2.45, 2.75) is 20.1 Å². The van der Waals surface area contributed by atoms with E-state index in [2.05, 4.69) is 11.1 Å². The van der Waals surface area contributed by atoms with Crippen LogP contribution in [-0.2, 0) is 13.2 Å². The Bertz CT molecular complexity index is 1150. The van der Waals surface area contributed by atoms with Gasteiger partial charge in [0.2, 0.25) is 0 Å². The number of hydrogen-bond acceptors (Lipinski definition) is 4. The number of aromatic nitrogens is 1. The van der Waals surface area contributed by atoms with E-state index in [1.54, 1.807) is 13.0 Å². The summed E-state index contributed by atoms with van der Waals surface area (Å²) in [6, 6.07) is 27.0. The van der Waals surface area contributed by atoms with Crippen LogP contribution in [0.2, 0.25) is 0 Å². The molecule has 4 rings (SSSR count). The number of nitrogens with zero attached hydrogens (tertiary/aromatic N) is 1. The third-order valence-electron chi connectivity index (χ3n) is 4.59. The lowest BCUT2D eigenvalue weighted by Gasteiger charge is -2.10. The first kappa shape index (κ1) is 18.7. The SMILES string of the molecule is CC(=O)c1cccc(COc2cccc(OCc3ccc4ccccc4n3)c2)c1. The van der Waals surface area contributed by atoms with Gasteiger partial charge in [0.25, 0.3) is 0 Å². The van der Waals surface area contributed by atoms with E-state index >= 15 is 0 Å². The number of carbonyl (C=O) groups is 1. The summed E-state index contributed by atoms with van der Waals surface area (Å²) < 4.78 is 11.8. The van der Waals surface area contributed by atoms with Crippen molar-refractivity contribution in [3.8, 4) is 11.5 Å². The number of pyridine rings is 1. The van der Waals surface area contributed by atoms with E-state index in [0.29, 0.717) is 24.5 Å². The average molecular weight is 383 g/mol. The molecule has 0 unspecified atom stereocenters. The minimum absolute atomic E-state index is 0.0459. The predicted octanol–water partition coefficient (Wildman–Crippen LogP) is 5.60. The lowest BCUT2D eigenvalue weighted by Crippen LogP contribution is -2.00. The number of ether oxygens (including phenoxy) is 2. The van der Waals surface area contributed by atoms with Crippen molar-refractivity contribution in [1.29, 1.82) is 0 Å². The van der Waals surface area contributed by atoms with Crippen LogP contribution in [0, 0.1) is 0 Å². The Kier molecular flexibility index (Phi) is 5.52. The van der Waals surface area contributed by atoms with E-state index in [1.807, 2.05) is 72.8 Å². The van der Waals surface area contributed by atoms with Gasteiger partial charge in [-0.2, -0.15) is 0 Å². The standard InChI is InChI=1S/C25H21NO3/c1-18(27)21-8-4-6-19(14-21)16-28-23-9-5-10-24(15-23)29-17-22-13-12-20-7-2-3-11-25(20)26-22/h2-15H,16-17H2,1H3. The summed E-state index contributed by atoms with van der Waals surface area (Å²) >= 11 is 0. The number of para-hydroxylation sites is 1. The molecule has 0 fully saturated rings. The minimum Gasteiger partial charge on any atom is -0.489 e. The van der Waals surface area contributed by atoms with Gasteiger partial charge >= 0.3 is 0 Å². The monoisotopic (exact) mass is 383 g/mol. The molecule has 4 nitrogen and oxygen atoms in total. The van der Waals surface area contributed by atoms with Crippen LogP contribution in [0.4, 0.5) is 0 Å². The fourth-order valence-electron chi connectivity index (χ4n) is 3.05. The smallest absolute Gasteiger partial charge is 0.159 e. The van der Waals surface area contributed by atoms with Crippen molar-refractivity contribution in [2.24, 2.45) is 0 Å². The minimum atomic E-state index is 0.0459. The Morgan fingerprint density at radius 3 is 2.38 bits per heavy atom. The van der Waals surface area contributed by atoms with Gasteiger partial charge in [-0.1, -0.05) is 48.5 Å². The highest BCUT2D eigenvalue weighted by atomic mass is 16.5. The van der Waals surface area contributed by atoms with E-state index < -0.39 is 0 Å². The van der Waals surface area contributed by atoms with Crippen LogP contribution in [0.5, 0.6) is 11.5 Å². The zero-order valence-corrected chi connectivity index (χ0v) is 16.2. The highest BCUT2D eigenvalue weighted by Gasteiger charge is 2.04. The van der Waals surface area contributed by atoms with Gasteiger partial charge in [0, 0.05) is 17.0 Å². The second-order valence-corrected chi connectivity index (χ2v) is 6.80. The summed E-state index contributed by atoms with van der Waals surface area (Å²) in [5, 5.41) is 1.11. The fraction of sp³-hybridized carbons (Fsp3) is 0.120. The third kappa shape index (κ3) is 4.79. The van der Waals surface area contributed by atoms with Crippen molar-refractivity contribution in [1.82, 2.24) is 4.98 Å². The predicted molar refractivity (Wildman–Crippen MR) is 113 cm³/mol. The first-order valence-electron chi connectivity index (χ1n) is 9.47. The number of benzene rings is 3. The van der Waals surface area contributed by atoms with Crippen LogP contribution in [0.25, 0.3) is 10.9 Å². The maximum absolute atomic E-state index is 11.5. The molecular weight excluding hydrogens is 362 g/mol. The first-order valence-corrected chi connectivity index (χ1v) is 9.47. The summed E-state index contributed by atoms with van der Waals surface area (Å²) in [6.07, 6.45) is 0. The molecule has 0 N–H and O–H groups in total. The maximum atomic E-state index is 11.5. The number of fused-ring (bicyclic) bond motifs is 1. The topological polar surface area (TPSA) is 48.4 Å². The van der Waals surface area contributed by atoms with Crippen molar-refractivity contribution in [3.63, 3.8) is 0 Å². The molecule has 0 atom stereocenters. The van der Waals surface area contributed by atoms with Gasteiger partial charge in [-0.15, -0.1) is 0 Å². The Labute approximate surface area is 169 Å². The summed E-state index contributed by atoms with van der Waals surface area (Å²) in [4.78, 5) is 16.1. The Morgan fingerprint density at radius 1 is 0.793 bits per heavy atom. The van der Waals surface area contributed by atoms with Gasteiger partial charge in [0.15, 0.2) is 5.78 Å². The van der Waals surface area contributed by atoms with Crippen LogP contribution < -0.4 is 9.47 Å². The molecule has 0 aliphatic rings. The zero-order chi connectivity index (χ0) is 20.1. The van der Waals surface area contributed by atoms with E-state index in [1.165, 1.54) is 0 Å². The van der Waals surface area contributed by atoms with Crippen molar-refractivity contribution in [3.05, 3.63) is 102 Å². The Balaban J connectivity index is 1.39. The van der Waals surface area contributed by atoms with Crippen molar-refractivity contribution >= 4 is 16.7 Å². The van der Waals surface area contributed by atoms with Crippen LogP contribution in [0.15, 0.2) is 84.9 Å². The number of Topliss-reactive ketones (excluding diaryl/α,β-unsaturated/α-hetero) is 1. The molecule has 4 aromatic rings. The average Bonchev–Trinajstić information content (AvgIpc) is 2.76. The van der Waals surface area contributed by atoms with Crippen molar-refractivity contribution < 1.29 is 14.3 Å². The lowest BCUT2D eigenvalue weighted by molar-refractivity contribution is 0.101. The van der Waals surface area contributed by atoms with Gasteiger partial charge in [-0.05, 0) is 42.8 Å². The highest BCUT2D eigenvalue weighted by Crippen LogP contribution is 2.22. The summed E-state index contributed by atoms with van der Waals surface area (Å²) in [7, 11) is 0. The molecule has 0 saturated heterocycles. The van der Waals surface area contributed by atoms with Gasteiger partial charge in [-0.25, -0.2) is 4.98 Å². The van der Waals surface area contributed by atoms with Gasteiger partial charge in [-0.3, -0.25) is 4.79 Å². The molecule has 0 saturated carbocycles. The number of ketones is 1. The Hall–Kier alpha value is -3.66. The van der Waals surface area contributed by atoms with E-state index in [0.717, 1.165) is 27.9 Å². The molecule has 0 aliphatic carbocycles. The number of hydrogen-bond donors (Lipinski definition) is 0. The van der Waals surface area contributed by atoms with Crippen LogP contribution in [-0.4, -0.2) is 10.8 Å². The molecule has 144 valence electrons. The summed E-state index contributed by atoms with van der Waals surface area (Å²) in [6.45, 7) is 2.33. The summed E-state index contributed by atoms with van der Waals surface area (Å²) in [5.41, 5.74) is 3.46. The third-order valence-corrected chi connectivity index (χ3v) is 4.59. The second-order valence-electron chi connectivity index (χ2n) is 6.80. The molecule has 29 heavy (non-hydrogen) atoms. The molecule has 3 aromatic carbocycles. The van der Waals surface area contributed by atoms with E-state index in [-0.39, 0.29) is 5.78 Å². The molecule has 1 heterocycles. The first-order chi connectivity index (χ1) is 14.2.